The zero-order chi connectivity index (χ0) is 22.8. The Kier molecular flexibility index (Phi) is 11.6. The smallest absolute Gasteiger partial charge is 0.191 e. The van der Waals surface area contributed by atoms with Gasteiger partial charge in [0.2, 0.25) is 0 Å². The van der Waals surface area contributed by atoms with Crippen LogP contribution in [0.15, 0.2) is 47.5 Å². The number of hydrogen-bond acceptors (Lipinski definition) is 5. The fourth-order valence-electron chi connectivity index (χ4n) is 3.83. The van der Waals surface area contributed by atoms with Gasteiger partial charge in [0.15, 0.2) is 5.96 Å². The number of halogens is 1. The lowest BCUT2D eigenvalue weighted by atomic mass is 10.1. The van der Waals surface area contributed by atoms with Gasteiger partial charge in [-0.1, -0.05) is 24.3 Å². The first-order valence-electron chi connectivity index (χ1n) is 11.3. The quantitative estimate of drug-likeness (QED) is 0.255. The summed E-state index contributed by atoms with van der Waals surface area (Å²) >= 11 is 0. The van der Waals surface area contributed by atoms with E-state index in [1.807, 2.05) is 19.1 Å². The van der Waals surface area contributed by atoms with Crippen LogP contribution >= 0.6 is 24.0 Å². The van der Waals surface area contributed by atoms with Gasteiger partial charge in [-0.15, -0.1) is 24.0 Å². The van der Waals surface area contributed by atoms with Crippen molar-refractivity contribution in [2.75, 3.05) is 45.4 Å². The summed E-state index contributed by atoms with van der Waals surface area (Å²) < 4.78 is 16.5. The first kappa shape index (κ1) is 27.0. The van der Waals surface area contributed by atoms with Gasteiger partial charge >= 0.3 is 0 Å². The summed E-state index contributed by atoms with van der Waals surface area (Å²) in [5.74, 6) is 2.45. The van der Waals surface area contributed by atoms with Crippen molar-refractivity contribution >= 4 is 35.6 Å². The van der Waals surface area contributed by atoms with Crippen molar-refractivity contribution in [1.29, 1.82) is 0 Å². The van der Waals surface area contributed by atoms with Crippen molar-refractivity contribution in [1.82, 2.24) is 10.6 Å². The van der Waals surface area contributed by atoms with Crippen LogP contribution in [0.5, 0.6) is 11.5 Å². The van der Waals surface area contributed by atoms with Gasteiger partial charge in [-0.05, 0) is 31.4 Å². The Hall–Kier alpha value is -2.20. The number of methoxy groups -OCH3 is 2. The topological polar surface area (TPSA) is 67.4 Å². The van der Waals surface area contributed by atoms with E-state index in [1.165, 1.54) is 11.1 Å². The highest BCUT2D eigenvalue weighted by molar-refractivity contribution is 14.0. The number of aliphatic imine (C=N–C) groups is 1. The van der Waals surface area contributed by atoms with Crippen molar-refractivity contribution < 1.29 is 14.2 Å². The van der Waals surface area contributed by atoms with Crippen molar-refractivity contribution in [3.63, 3.8) is 0 Å². The van der Waals surface area contributed by atoms with E-state index in [1.54, 1.807) is 14.2 Å². The van der Waals surface area contributed by atoms with Gasteiger partial charge in [-0.3, -0.25) is 0 Å². The number of nitrogens with one attached hydrogen (secondary N) is 2. The molecular formula is C25H37IN4O3. The third kappa shape index (κ3) is 7.96. The molecule has 1 fully saturated rings. The highest BCUT2D eigenvalue weighted by Gasteiger charge is 2.24. The molecule has 1 aliphatic rings. The monoisotopic (exact) mass is 568 g/mol. The molecular weight excluding hydrogens is 531 g/mol. The van der Waals surface area contributed by atoms with E-state index in [9.17, 15) is 0 Å². The average molecular weight is 569 g/mol. The van der Waals surface area contributed by atoms with E-state index in [0.29, 0.717) is 25.8 Å². The number of ether oxygens (including phenoxy) is 3. The number of benzene rings is 2. The molecule has 0 amide bonds. The van der Waals surface area contributed by atoms with E-state index < -0.39 is 0 Å². The number of hydrogen-bond donors (Lipinski definition) is 2. The van der Waals surface area contributed by atoms with Crippen LogP contribution in [0.1, 0.15) is 31.4 Å². The molecule has 1 atom stereocenters. The van der Waals surface area contributed by atoms with Gasteiger partial charge in [0, 0.05) is 56.2 Å². The Morgan fingerprint density at radius 3 is 2.39 bits per heavy atom. The fourth-order valence-corrected chi connectivity index (χ4v) is 3.83. The molecule has 182 valence electrons. The molecule has 1 saturated heterocycles. The van der Waals surface area contributed by atoms with Gasteiger partial charge < -0.3 is 29.7 Å². The molecule has 2 aromatic rings. The van der Waals surface area contributed by atoms with Crippen molar-refractivity contribution in [3.8, 4) is 11.5 Å². The van der Waals surface area contributed by atoms with Crippen LogP contribution in [-0.2, 0) is 17.9 Å². The van der Waals surface area contributed by atoms with E-state index >= 15 is 0 Å². The van der Waals surface area contributed by atoms with E-state index in [4.69, 9.17) is 19.2 Å². The molecule has 1 heterocycles. The van der Waals surface area contributed by atoms with Crippen LogP contribution in [-0.4, -0.2) is 52.5 Å². The second kappa shape index (κ2) is 14.1. The van der Waals surface area contributed by atoms with Crippen LogP contribution in [0.25, 0.3) is 0 Å². The maximum atomic E-state index is 5.61. The molecule has 7 nitrogen and oxygen atoms in total. The Morgan fingerprint density at radius 1 is 1.06 bits per heavy atom. The highest BCUT2D eigenvalue weighted by atomic mass is 127. The summed E-state index contributed by atoms with van der Waals surface area (Å²) in [4.78, 5) is 7.20. The number of rotatable bonds is 10. The normalized spacial score (nSPS) is 15.7. The van der Waals surface area contributed by atoms with E-state index in [2.05, 4.69) is 52.8 Å². The summed E-state index contributed by atoms with van der Waals surface area (Å²) in [6.07, 6.45) is 1.03. The van der Waals surface area contributed by atoms with E-state index in [0.717, 1.165) is 49.2 Å². The Balaban J connectivity index is 0.00000385. The molecule has 8 heteroatoms. The average Bonchev–Trinajstić information content (AvgIpc) is 3.30. The van der Waals surface area contributed by atoms with Crippen LogP contribution in [0, 0.1) is 0 Å². The highest BCUT2D eigenvalue weighted by Crippen LogP contribution is 2.30. The number of anilines is 1. The molecule has 1 aliphatic heterocycles. The molecule has 0 bridgehead atoms. The predicted octanol–water partition coefficient (Wildman–Crippen LogP) is 4.19. The summed E-state index contributed by atoms with van der Waals surface area (Å²) in [5, 5.41) is 6.99. The summed E-state index contributed by atoms with van der Waals surface area (Å²) in [5.41, 5.74) is 3.49. The molecule has 0 spiro atoms. The Bertz CT molecular complexity index is 871. The second-order valence-corrected chi connectivity index (χ2v) is 7.75. The molecule has 0 saturated carbocycles. The SMILES string of the molecule is CCNC(=NCc1ccccc1COCC)NC1CCN(c2cc(OC)cc(OC)c2)C1.I. The predicted molar refractivity (Wildman–Crippen MR) is 145 cm³/mol. The zero-order valence-corrected chi connectivity index (χ0v) is 22.4. The van der Waals surface area contributed by atoms with Gasteiger partial charge in [0.1, 0.15) is 11.5 Å². The fraction of sp³-hybridized carbons (Fsp3) is 0.480. The molecule has 0 radical (unpaired) electrons. The maximum absolute atomic E-state index is 5.61. The Morgan fingerprint density at radius 2 is 1.76 bits per heavy atom. The molecule has 33 heavy (non-hydrogen) atoms. The van der Waals surface area contributed by atoms with Gasteiger partial charge in [-0.25, -0.2) is 4.99 Å². The summed E-state index contributed by atoms with van der Waals surface area (Å²) in [7, 11) is 3.36. The van der Waals surface area contributed by atoms with Crippen molar-refractivity contribution in [3.05, 3.63) is 53.6 Å². The molecule has 3 rings (SSSR count). The third-order valence-electron chi connectivity index (χ3n) is 5.56. The van der Waals surface area contributed by atoms with Crippen molar-refractivity contribution in [2.45, 2.75) is 39.5 Å². The zero-order valence-electron chi connectivity index (χ0n) is 20.1. The van der Waals surface area contributed by atoms with Gasteiger partial charge in [-0.2, -0.15) is 0 Å². The molecule has 2 aromatic carbocycles. The molecule has 2 N–H and O–H groups in total. The molecule has 0 aliphatic carbocycles. The van der Waals surface area contributed by atoms with Crippen LogP contribution in [0.4, 0.5) is 5.69 Å². The van der Waals surface area contributed by atoms with Gasteiger partial charge in [0.25, 0.3) is 0 Å². The minimum absolute atomic E-state index is 0. The van der Waals surface area contributed by atoms with Crippen LogP contribution in [0.2, 0.25) is 0 Å². The molecule has 1 unspecified atom stereocenters. The Labute approximate surface area is 214 Å². The van der Waals surface area contributed by atoms with Crippen LogP contribution < -0.4 is 25.0 Å². The second-order valence-electron chi connectivity index (χ2n) is 7.75. The number of nitrogens with zero attached hydrogens (tertiary/aromatic N) is 2. The van der Waals surface area contributed by atoms with Crippen LogP contribution in [0.3, 0.4) is 0 Å². The third-order valence-corrected chi connectivity index (χ3v) is 5.56. The minimum atomic E-state index is 0. The number of guanidine groups is 1. The standard InChI is InChI=1S/C25H36N4O3.HI/c1-5-26-25(27-16-19-9-7-8-10-20(19)18-32-6-2)28-21-11-12-29(17-21)22-13-23(30-3)15-24(14-22)31-4;/h7-10,13-15,21H,5-6,11-12,16-18H2,1-4H3,(H2,26,27,28);1H. The first-order valence-corrected chi connectivity index (χ1v) is 11.3. The lowest BCUT2D eigenvalue weighted by Crippen LogP contribution is -2.44. The van der Waals surface area contributed by atoms with Crippen molar-refractivity contribution in [2.24, 2.45) is 4.99 Å². The van der Waals surface area contributed by atoms with Gasteiger partial charge in [0.05, 0.1) is 27.4 Å². The maximum Gasteiger partial charge on any atom is 0.191 e. The van der Waals surface area contributed by atoms with E-state index in [-0.39, 0.29) is 24.0 Å². The molecule has 0 aromatic heterocycles. The lowest BCUT2D eigenvalue weighted by molar-refractivity contribution is 0.133. The lowest BCUT2D eigenvalue weighted by Gasteiger charge is -2.21. The minimum Gasteiger partial charge on any atom is -0.497 e. The largest absolute Gasteiger partial charge is 0.497 e. The summed E-state index contributed by atoms with van der Waals surface area (Å²) in [6.45, 7) is 8.71. The first-order chi connectivity index (χ1) is 15.7. The summed E-state index contributed by atoms with van der Waals surface area (Å²) in [6, 6.07) is 14.6.